The number of hydrogen-bond acceptors (Lipinski definition) is 5. The fraction of sp³-hybridized carbons (Fsp3) is 0.640. The zero-order valence-corrected chi connectivity index (χ0v) is 21.1. The average Bonchev–Trinajstić information content (AvgIpc) is 3.34. The number of nitrogens with one attached hydrogen (secondary N) is 1. The van der Waals surface area contributed by atoms with Crippen LogP contribution in [0.5, 0.6) is 0 Å². The monoisotopic (exact) mass is 510 g/mol. The average molecular weight is 511 g/mol. The van der Waals surface area contributed by atoms with E-state index in [4.69, 9.17) is 5.11 Å². The van der Waals surface area contributed by atoms with E-state index >= 15 is 4.39 Å². The molecule has 8 nitrogen and oxygen atoms in total. The van der Waals surface area contributed by atoms with E-state index in [1.54, 1.807) is 22.6 Å². The van der Waals surface area contributed by atoms with Gasteiger partial charge in [-0.25, -0.2) is 9.18 Å². The fourth-order valence-electron chi connectivity index (χ4n) is 5.36. The maximum Gasteiger partial charge on any atom is 0.331 e. The van der Waals surface area contributed by atoms with Gasteiger partial charge in [0.1, 0.15) is 5.82 Å². The number of likely N-dealkylation sites (N-methyl/N-ethyl adjacent to an activating group) is 1. The van der Waals surface area contributed by atoms with Crippen LogP contribution in [-0.4, -0.2) is 51.3 Å². The minimum absolute atomic E-state index is 0. The van der Waals surface area contributed by atoms with Gasteiger partial charge in [0.05, 0.1) is 23.0 Å². The molecule has 2 aromatic rings. The number of anilines is 1. The van der Waals surface area contributed by atoms with Gasteiger partial charge >= 0.3 is 11.7 Å². The van der Waals surface area contributed by atoms with Crippen molar-refractivity contribution in [1.29, 1.82) is 0 Å². The molecule has 0 unspecified atom stereocenters. The highest BCUT2D eigenvalue weighted by Crippen LogP contribution is 2.32. The predicted octanol–water partition coefficient (Wildman–Crippen LogP) is 3.99. The number of carboxylic acids is 1. The molecule has 1 aromatic heterocycles. The van der Waals surface area contributed by atoms with Gasteiger partial charge in [-0.2, -0.15) is 0 Å². The highest BCUT2D eigenvalue weighted by Gasteiger charge is 2.25. The first-order valence-electron chi connectivity index (χ1n) is 12.5. The molecule has 10 heteroatoms. The lowest BCUT2D eigenvalue weighted by Gasteiger charge is -2.25. The zero-order chi connectivity index (χ0) is 24.2. The van der Waals surface area contributed by atoms with Crippen LogP contribution >= 0.6 is 12.4 Å². The van der Waals surface area contributed by atoms with Crippen molar-refractivity contribution in [3.05, 3.63) is 38.8 Å². The number of nitrogens with zero attached hydrogens (tertiary/aromatic N) is 3. The summed E-state index contributed by atoms with van der Waals surface area (Å²) >= 11 is 0. The summed E-state index contributed by atoms with van der Waals surface area (Å²) in [7, 11) is 1.76. The third kappa shape index (κ3) is 6.25. The molecule has 0 saturated heterocycles. The van der Waals surface area contributed by atoms with Crippen LogP contribution in [0.2, 0.25) is 0 Å². The molecular formula is C25H36ClFN4O4. The Bertz CT molecular complexity index is 1150. The molecule has 2 saturated carbocycles. The summed E-state index contributed by atoms with van der Waals surface area (Å²) < 4.78 is 18.0. The van der Waals surface area contributed by atoms with Crippen molar-refractivity contribution in [2.24, 2.45) is 0 Å². The van der Waals surface area contributed by atoms with Crippen molar-refractivity contribution in [1.82, 2.24) is 14.0 Å². The van der Waals surface area contributed by atoms with Crippen LogP contribution in [0.25, 0.3) is 10.9 Å². The molecule has 2 aliphatic rings. The van der Waals surface area contributed by atoms with Gasteiger partial charge in [0.2, 0.25) is 0 Å². The van der Waals surface area contributed by atoms with Crippen molar-refractivity contribution in [2.45, 2.75) is 82.8 Å². The van der Waals surface area contributed by atoms with Crippen LogP contribution in [0.4, 0.5) is 10.1 Å². The molecule has 4 rings (SSSR count). The van der Waals surface area contributed by atoms with Gasteiger partial charge in [0.25, 0.3) is 5.56 Å². The topological polar surface area (TPSA) is 96.6 Å². The largest absolute Gasteiger partial charge is 0.481 e. The van der Waals surface area contributed by atoms with Crippen molar-refractivity contribution in [3.8, 4) is 0 Å². The number of aliphatic carboxylic acids is 1. The van der Waals surface area contributed by atoms with Crippen molar-refractivity contribution in [3.63, 3.8) is 0 Å². The van der Waals surface area contributed by atoms with Crippen LogP contribution in [0, 0.1) is 5.82 Å². The third-order valence-electron chi connectivity index (χ3n) is 7.32. The fourth-order valence-corrected chi connectivity index (χ4v) is 5.36. The van der Waals surface area contributed by atoms with Crippen LogP contribution in [0.3, 0.4) is 0 Å². The molecule has 2 aliphatic carbocycles. The Kier molecular flexibility index (Phi) is 9.35. The minimum Gasteiger partial charge on any atom is -0.481 e. The number of carbonyl (C=O) groups is 1. The first kappa shape index (κ1) is 27.2. The molecule has 0 radical (unpaired) electrons. The molecule has 2 N–H and O–H groups in total. The molecule has 194 valence electrons. The van der Waals surface area contributed by atoms with E-state index in [-0.39, 0.29) is 48.5 Å². The molecule has 0 amide bonds. The summed E-state index contributed by atoms with van der Waals surface area (Å²) in [4.78, 5) is 39.5. The number of benzene rings is 1. The molecule has 1 heterocycles. The maximum atomic E-state index is 15.1. The smallest absolute Gasteiger partial charge is 0.331 e. The Morgan fingerprint density at radius 1 is 1.09 bits per heavy atom. The molecule has 0 bridgehead atoms. The Morgan fingerprint density at radius 2 is 1.74 bits per heavy atom. The number of aromatic nitrogens is 2. The van der Waals surface area contributed by atoms with Crippen LogP contribution in [0.1, 0.15) is 70.3 Å². The third-order valence-corrected chi connectivity index (χ3v) is 7.32. The van der Waals surface area contributed by atoms with Crippen LogP contribution in [-0.2, 0) is 11.3 Å². The summed E-state index contributed by atoms with van der Waals surface area (Å²) in [6, 6.07) is 3.12. The van der Waals surface area contributed by atoms with Crippen molar-refractivity contribution in [2.75, 3.05) is 25.5 Å². The minimum atomic E-state index is -0.897. The van der Waals surface area contributed by atoms with E-state index < -0.39 is 17.3 Å². The lowest BCUT2D eigenvalue weighted by atomic mass is 9.95. The lowest BCUT2D eigenvalue weighted by molar-refractivity contribution is -0.137. The number of halogens is 2. The van der Waals surface area contributed by atoms with E-state index in [9.17, 15) is 14.4 Å². The van der Waals surface area contributed by atoms with Crippen LogP contribution < -0.4 is 16.6 Å². The van der Waals surface area contributed by atoms with Gasteiger partial charge in [-0.1, -0.05) is 32.1 Å². The molecular weight excluding hydrogens is 475 g/mol. The summed E-state index contributed by atoms with van der Waals surface area (Å²) in [5, 5.41) is 12.4. The highest BCUT2D eigenvalue weighted by molar-refractivity contribution is 5.85. The summed E-state index contributed by atoms with van der Waals surface area (Å²) in [5.74, 6) is -1.37. The van der Waals surface area contributed by atoms with Crippen molar-refractivity contribution < 1.29 is 14.3 Å². The second-order valence-electron chi connectivity index (χ2n) is 9.82. The summed E-state index contributed by atoms with van der Waals surface area (Å²) in [6.07, 6.45) is 9.14. The molecule has 35 heavy (non-hydrogen) atoms. The quantitative estimate of drug-likeness (QED) is 0.529. The van der Waals surface area contributed by atoms with E-state index in [0.717, 1.165) is 51.4 Å². The molecule has 2 fully saturated rings. The first-order valence-corrected chi connectivity index (χ1v) is 12.5. The van der Waals surface area contributed by atoms with E-state index in [2.05, 4.69) is 5.32 Å². The van der Waals surface area contributed by atoms with E-state index in [1.165, 1.54) is 17.1 Å². The Morgan fingerprint density at radius 3 is 2.40 bits per heavy atom. The molecule has 1 aromatic carbocycles. The van der Waals surface area contributed by atoms with Gasteiger partial charge < -0.3 is 15.3 Å². The maximum absolute atomic E-state index is 15.1. The number of carboxylic acid groups (broad SMARTS) is 1. The Balaban J connectivity index is 0.00000342. The van der Waals surface area contributed by atoms with E-state index in [1.807, 2.05) is 0 Å². The van der Waals surface area contributed by atoms with E-state index in [0.29, 0.717) is 24.3 Å². The highest BCUT2D eigenvalue weighted by atomic mass is 35.5. The first-order chi connectivity index (χ1) is 16.3. The molecule has 0 atom stereocenters. The van der Waals surface area contributed by atoms with Gasteiger partial charge in [0.15, 0.2) is 0 Å². The normalized spacial score (nSPS) is 17.1. The number of hydrogen-bond donors (Lipinski definition) is 2. The van der Waals surface area contributed by atoms with Gasteiger partial charge in [0, 0.05) is 31.7 Å². The Hall–Kier alpha value is -2.39. The van der Waals surface area contributed by atoms with Gasteiger partial charge in [-0.15, -0.1) is 12.4 Å². The summed E-state index contributed by atoms with van der Waals surface area (Å²) in [5.41, 5.74) is -0.0107. The Labute approximate surface area is 210 Å². The standard InChI is InChI=1S/C25H35FN4O4.ClH/c1-28(12-11-23(31)32)13-14-29-24(33)19-15-20(26)21(27-17-7-3-2-4-8-17)16-22(19)30(25(29)34)18-9-5-6-10-18;/h15-18,27H,2-14H2,1H3,(H,31,32);1H. The summed E-state index contributed by atoms with van der Waals surface area (Å²) in [6.45, 7) is 0.793. The predicted molar refractivity (Wildman–Crippen MR) is 137 cm³/mol. The lowest BCUT2D eigenvalue weighted by Crippen LogP contribution is -2.43. The molecule has 0 aliphatic heterocycles. The van der Waals surface area contributed by atoms with Crippen molar-refractivity contribution >= 4 is 35.0 Å². The molecule has 0 spiro atoms. The van der Waals surface area contributed by atoms with Gasteiger partial charge in [-0.3, -0.25) is 18.7 Å². The van der Waals surface area contributed by atoms with Gasteiger partial charge in [-0.05, 0) is 44.9 Å². The number of rotatable bonds is 9. The SMILES string of the molecule is CN(CCC(=O)O)CCn1c(=O)c2cc(F)c(NC3CCCCC3)cc2n(C2CCCC2)c1=O.Cl. The van der Waals surface area contributed by atoms with Crippen LogP contribution in [0.15, 0.2) is 21.7 Å². The second kappa shape index (κ2) is 12.0. The second-order valence-corrected chi connectivity index (χ2v) is 9.82. The zero-order valence-electron chi connectivity index (χ0n) is 20.3. The number of fused-ring (bicyclic) bond motifs is 1.